The summed E-state index contributed by atoms with van der Waals surface area (Å²) in [4.78, 5) is 47.2. The predicted octanol–water partition coefficient (Wildman–Crippen LogP) is 1.58. The summed E-state index contributed by atoms with van der Waals surface area (Å²) in [6.45, 7) is 4.87. The van der Waals surface area contributed by atoms with Gasteiger partial charge in [0.2, 0.25) is 5.91 Å². The number of esters is 2. The second-order valence-electron chi connectivity index (χ2n) is 8.05. The molecule has 1 aromatic carbocycles. The van der Waals surface area contributed by atoms with E-state index >= 15 is 0 Å². The molecule has 0 aliphatic carbocycles. The quantitative estimate of drug-likeness (QED) is 0.457. The van der Waals surface area contributed by atoms with E-state index in [0.717, 1.165) is 11.3 Å². The van der Waals surface area contributed by atoms with Crippen LogP contribution in [0.4, 0.5) is 5.69 Å². The van der Waals surface area contributed by atoms with Gasteiger partial charge in [0, 0.05) is 25.8 Å². The van der Waals surface area contributed by atoms with Crippen molar-refractivity contribution >= 4 is 29.4 Å². The highest BCUT2D eigenvalue weighted by atomic mass is 16.5. The fourth-order valence-corrected chi connectivity index (χ4v) is 5.26. The molecule has 1 amide bonds. The molecule has 0 saturated carbocycles. The average molecular weight is 453 g/mol. The summed E-state index contributed by atoms with van der Waals surface area (Å²) in [6, 6.07) is 7.17. The van der Waals surface area contributed by atoms with Gasteiger partial charge >= 0.3 is 11.9 Å². The fraction of sp³-hybridized carbons (Fsp3) is 0.417. The van der Waals surface area contributed by atoms with Crippen LogP contribution in [0.1, 0.15) is 18.4 Å². The highest BCUT2D eigenvalue weighted by Gasteiger charge is 2.63. The summed E-state index contributed by atoms with van der Waals surface area (Å²) in [6.07, 6.45) is 2.43. The smallest absolute Gasteiger partial charge is 0.357 e. The van der Waals surface area contributed by atoms with Crippen molar-refractivity contribution in [2.75, 3.05) is 45.9 Å². The number of benzene rings is 1. The first-order chi connectivity index (χ1) is 16.0. The van der Waals surface area contributed by atoms with Crippen LogP contribution in [0.5, 0.6) is 0 Å². The van der Waals surface area contributed by atoms with Crippen molar-refractivity contribution in [2.24, 2.45) is 4.99 Å². The van der Waals surface area contributed by atoms with Crippen LogP contribution in [0.25, 0.3) is 0 Å². The number of anilines is 1. The predicted molar refractivity (Wildman–Crippen MR) is 121 cm³/mol. The van der Waals surface area contributed by atoms with Crippen LogP contribution >= 0.6 is 0 Å². The van der Waals surface area contributed by atoms with E-state index < -0.39 is 23.4 Å². The third kappa shape index (κ3) is 3.26. The number of carbonyl (C=O) groups is 3. The third-order valence-electron chi connectivity index (χ3n) is 6.54. The Bertz CT molecular complexity index is 1080. The molecule has 0 aromatic heterocycles. The number of ether oxygens (including phenoxy) is 3. The minimum atomic E-state index is -0.831. The van der Waals surface area contributed by atoms with E-state index in [2.05, 4.69) is 11.6 Å². The van der Waals surface area contributed by atoms with Gasteiger partial charge < -0.3 is 19.1 Å². The maximum absolute atomic E-state index is 13.1. The first-order valence-electron chi connectivity index (χ1n) is 10.7. The van der Waals surface area contributed by atoms with E-state index in [-0.39, 0.29) is 30.1 Å². The highest BCUT2D eigenvalue weighted by molar-refractivity contribution is 6.15. The van der Waals surface area contributed by atoms with Crippen molar-refractivity contribution in [3.63, 3.8) is 0 Å². The SMILES string of the molecule is C=CCN1c2ccccc2[C@]23CCC(=O)N(CCOC)C2=NC(C(=O)OC)=C(C(=O)OC)[C@H]13. The van der Waals surface area contributed by atoms with E-state index in [1.165, 1.54) is 14.2 Å². The number of likely N-dealkylation sites (tertiary alicyclic amines) is 1. The van der Waals surface area contributed by atoms with Gasteiger partial charge in [0.15, 0.2) is 5.70 Å². The van der Waals surface area contributed by atoms with Gasteiger partial charge in [0.05, 0.1) is 44.4 Å². The number of hydrogen-bond acceptors (Lipinski definition) is 8. The Morgan fingerprint density at radius 2 is 1.94 bits per heavy atom. The number of carbonyl (C=O) groups excluding carboxylic acids is 3. The molecule has 9 heteroatoms. The summed E-state index contributed by atoms with van der Waals surface area (Å²) in [5.41, 5.74) is 0.966. The summed E-state index contributed by atoms with van der Waals surface area (Å²) >= 11 is 0. The van der Waals surface area contributed by atoms with Crippen LogP contribution in [0.3, 0.4) is 0 Å². The largest absolute Gasteiger partial charge is 0.466 e. The zero-order valence-electron chi connectivity index (χ0n) is 19.0. The molecule has 2 atom stereocenters. The number of amides is 1. The lowest BCUT2D eigenvalue weighted by molar-refractivity contribution is -0.140. The fourth-order valence-electron chi connectivity index (χ4n) is 5.26. The second-order valence-corrected chi connectivity index (χ2v) is 8.05. The van der Waals surface area contributed by atoms with Crippen molar-refractivity contribution in [3.05, 3.63) is 53.8 Å². The highest BCUT2D eigenvalue weighted by Crippen LogP contribution is 2.55. The van der Waals surface area contributed by atoms with Crippen molar-refractivity contribution in [2.45, 2.75) is 24.3 Å². The number of hydrogen-bond donors (Lipinski definition) is 0. The molecule has 0 N–H and O–H groups in total. The molecule has 1 saturated heterocycles. The third-order valence-corrected chi connectivity index (χ3v) is 6.54. The van der Waals surface area contributed by atoms with Crippen molar-refractivity contribution in [3.8, 4) is 0 Å². The van der Waals surface area contributed by atoms with Crippen molar-refractivity contribution in [1.29, 1.82) is 0 Å². The summed E-state index contributed by atoms with van der Waals surface area (Å²) in [5, 5.41) is 0. The number of methoxy groups -OCH3 is 3. The zero-order valence-corrected chi connectivity index (χ0v) is 19.0. The van der Waals surface area contributed by atoms with Crippen molar-refractivity contribution < 1.29 is 28.6 Å². The lowest BCUT2D eigenvalue weighted by Crippen LogP contribution is -2.63. The van der Waals surface area contributed by atoms with Crippen LogP contribution in [0, 0.1) is 0 Å². The lowest BCUT2D eigenvalue weighted by Gasteiger charge is -2.48. The molecule has 4 rings (SSSR count). The second kappa shape index (κ2) is 8.82. The molecule has 0 bridgehead atoms. The molecule has 1 aromatic rings. The standard InChI is InChI=1S/C24H27N3O6/c1-5-12-26-16-9-7-6-8-15(16)24-11-10-17(28)27(13-14-31-2)23(24)25-19(22(30)33-4)18(20(24)26)21(29)32-3/h5-9,20H,1,10-14H2,2-4H3/t20-,24-/m0/s1. The molecule has 3 aliphatic rings. The molecular weight excluding hydrogens is 426 g/mol. The van der Waals surface area contributed by atoms with Gasteiger partial charge in [0.1, 0.15) is 5.84 Å². The van der Waals surface area contributed by atoms with E-state index in [1.54, 1.807) is 18.1 Å². The minimum absolute atomic E-state index is 0.111. The van der Waals surface area contributed by atoms with Crippen molar-refractivity contribution in [1.82, 2.24) is 4.90 Å². The van der Waals surface area contributed by atoms with Crippen LogP contribution in [-0.4, -0.2) is 75.6 Å². The lowest BCUT2D eigenvalue weighted by atomic mass is 9.65. The summed E-state index contributed by atoms with van der Waals surface area (Å²) < 4.78 is 15.3. The molecular formula is C24H27N3O6. The normalized spacial score (nSPS) is 23.4. The molecule has 0 radical (unpaired) electrons. The molecule has 9 nitrogen and oxygen atoms in total. The Balaban J connectivity index is 2.07. The molecule has 33 heavy (non-hydrogen) atoms. The number of aliphatic imine (C=N–C) groups is 1. The van der Waals surface area contributed by atoms with Crippen LogP contribution in [-0.2, 0) is 34.0 Å². The van der Waals surface area contributed by atoms with E-state index in [9.17, 15) is 14.4 Å². The molecule has 1 spiro atoms. The molecule has 3 heterocycles. The maximum atomic E-state index is 13.1. The number of fused-ring (bicyclic) bond motifs is 1. The number of para-hydroxylation sites is 1. The van der Waals surface area contributed by atoms with Gasteiger partial charge in [0.25, 0.3) is 0 Å². The number of amidine groups is 1. The Morgan fingerprint density at radius 1 is 1.21 bits per heavy atom. The Kier molecular flexibility index (Phi) is 6.07. The van der Waals surface area contributed by atoms with Gasteiger partial charge in [-0.05, 0) is 18.1 Å². The maximum Gasteiger partial charge on any atom is 0.357 e. The van der Waals surface area contributed by atoms with Gasteiger partial charge in [-0.15, -0.1) is 6.58 Å². The van der Waals surface area contributed by atoms with E-state index in [1.807, 2.05) is 29.2 Å². The first kappa shape index (κ1) is 22.7. The number of nitrogens with zero attached hydrogens (tertiary/aromatic N) is 3. The summed E-state index contributed by atoms with van der Waals surface area (Å²) in [7, 11) is 4.05. The monoisotopic (exact) mass is 453 g/mol. The topological polar surface area (TPSA) is 97.7 Å². The Morgan fingerprint density at radius 3 is 2.61 bits per heavy atom. The van der Waals surface area contributed by atoms with Gasteiger partial charge in [-0.3, -0.25) is 9.69 Å². The molecule has 3 aliphatic heterocycles. The number of rotatable bonds is 7. The van der Waals surface area contributed by atoms with Gasteiger partial charge in [-0.1, -0.05) is 24.3 Å². The van der Waals surface area contributed by atoms with E-state index in [4.69, 9.17) is 14.2 Å². The Hall–Kier alpha value is -3.46. The minimum Gasteiger partial charge on any atom is -0.466 e. The van der Waals surface area contributed by atoms with Crippen LogP contribution in [0.2, 0.25) is 0 Å². The average Bonchev–Trinajstić information content (AvgIpc) is 3.11. The van der Waals surface area contributed by atoms with Gasteiger partial charge in [-0.2, -0.15) is 0 Å². The molecule has 174 valence electrons. The zero-order chi connectivity index (χ0) is 23.8. The molecule has 0 unspecified atom stereocenters. The van der Waals surface area contributed by atoms with Crippen LogP contribution < -0.4 is 4.90 Å². The van der Waals surface area contributed by atoms with E-state index in [0.29, 0.717) is 25.4 Å². The molecule has 1 fully saturated rings. The van der Waals surface area contributed by atoms with Gasteiger partial charge in [-0.25, -0.2) is 14.6 Å². The number of piperidine rings is 1. The first-order valence-corrected chi connectivity index (χ1v) is 10.7. The summed E-state index contributed by atoms with van der Waals surface area (Å²) in [5.74, 6) is -1.12. The van der Waals surface area contributed by atoms with Crippen LogP contribution in [0.15, 0.2) is 53.2 Å². The Labute approximate surface area is 192 Å².